The van der Waals surface area contributed by atoms with Crippen molar-refractivity contribution in [3.8, 4) is 11.8 Å². The molecule has 2 amide bonds. The van der Waals surface area contributed by atoms with Crippen LogP contribution in [-0.2, 0) is 9.53 Å². The van der Waals surface area contributed by atoms with E-state index >= 15 is 0 Å². The summed E-state index contributed by atoms with van der Waals surface area (Å²) in [5, 5.41) is 2.39. The molecule has 2 rings (SSSR count). The van der Waals surface area contributed by atoms with Gasteiger partial charge in [-0.25, -0.2) is 13.6 Å². The lowest BCUT2D eigenvalue weighted by atomic mass is 10.0. The second kappa shape index (κ2) is 9.68. The van der Waals surface area contributed by atoms with E-state index in [0.717, 1.165) is 0 Å². The first-order valence-corrected chi connectivity index (χ1v) is 9.14. The number of carbonyl (C=O) groups is 2. The summed E-state index contributed by atoms with van der Waals surface area (Å²) in [7, 11) is 1.49. The van der Waals surface area contributed by atoms with Gasteiger partial charge in [-0.1, -0.05) is 13.8 Å². The molecular weight excluding hydrogens is 390 g/mol. The van der Waals surface area contributed by atoms with E-state index in [1.165, 1.54) is 24.1 Å². The molecule has 0 aliphatic carbocycles. The number of halogens is 2. The lowest BCUT2D eigenvalue weighted by Crippen LogP contribution is -2.56. The molecule has 1 aliphatic heterocycles. The lowest BCUT2D eigenvalue weighted by molar-refractivity contribution is -0.120. The molecule has 1 atom stereocenters. The van der Waals surface area contributed by atoms with Gasteiger partial charge in [-0.2, -0.15) is 4.98 Å². The van der Waals surface area contributed by atoms with Gasteiger partial charge in [-0.05, 0) is 18.4 Å². The van der Waals surface area contributed by atoms with E-state index in [2.05, 4.69) is 10.3 Å². The molecule has 0 unspecified atom stereocenters. The maximum Gasteiger partial charge on any atom is 0.414 e. The zero-order valence-electron chi connectivity index (χ0n) is 16.6. The van der Waals surface area contributed by atoms with Crippen molar-refractivity contribution in [3.63, 3.8) is 0 Å². The predicted octanol–water partition coefficient (Wildman–Crippen LogP) is 1.55. The topological polar surface area (TPSA) is 116 Å². The molecule has 1 fully saturated rings. The average molecular weight is 416 g/mol. The van der Waals surface area contributed by atoms with Crippen LogP contribution in [0, 0.1) is 5.92 Å². The normalized spacial score (nSPS) is 16.1. The van der Waals surface area contributed by atoms with Crippen molar-refractivity contribution in [2.75, 3.05) is 38.3 Å². The van der Waals surface area contributed by atoms with E-state index in [-0.39, 0.29) is 30.9 Å². The summed E-state index contributed by atoms with van der Waals surface area (Å²) >= 11 is 0. The maximum atomic E-state index is 13.2. The van der Waals surface area contributed by atoms with E-state index in [1.807, 2.05) is 13.8 Å². The predicted molar refractivity (Wildman–Crippen MR) is 100 cm³/mol. The quantitative estimate of drug-likeness (QED) is 0.556. The third-order valence-corrected chi connectivity index (χ3v) is 4.07. The van der Waals surface area contributed by atoms with E-state index in [4.69, 9.17) is 19.9 Å². The van der Waals surface area contributed by atoms with Gasteiger partial charge in [0.25, 0.3) is 5.92 Å². The second-order valence-electron chi connectivity index (χ2n) is 7.15. The highest BCUT2D eigenvalue weighted by Gasteiger charge is 2.45. The molecule has 0 saturated carbocycles. The Balaban J connectivity index is 2.08. The first kappa shape index (κ1) is 22.6. The first-order chi connectivity index (χ1) is 13.6. The molecule has 29 heavy (non-hydrogen) atoms. The van der Waals surface area contributed by atoms with Gasteiger partial charge in [0.15, 0.2) is 0 Å². The van der Waals surface area contributed by atoms with E-state index in [9.17, 15) is 18.4 Å². The summed E-state index contributed by atoms with van der Waals surface area (Å²) in [6.07, 6.45) is -0.557. The Morgan fingerprint density at radius 3 is 2.55 bits per heavy atom. The standard InChI is InChI=1S/C18H26F2N4O5/c1-11(2)8-12(15(21)25)22-17(26)29-14-5-4-13(24-9-18(19,20)10-24)16(23-14)28-7-6-27-3/h4-5,11-12H,6-10H2,1-3H3,(H2,21,25)(H,22,26)/t12-/m0/s1. The van der Waals surface area contributed by atoms with Crippen molar-refractivity contribution in [2.24, 2.45) is 11.7 Å². The number of carbonyl (C=O) groups excluding carboxylic acids is 2. The second-order valence-corrected chi connectivity index (χ2v) is 7.15. The Bertz CT molecular complexity index is 724. The Labute approximate surface area is 167 Å². The van der Waals surface area contributed by atoms with Gasteiger partial charge in [0.1, 0.15) is 18.3 Å². The van der Waals surface area contributed by atoms with Crippen LogP contribution in [0.25, 0.3) is 0 Å². The van der Waals surface area contributed by atoms with Gasteiger partial charge in [-0.3, -0.25) is 4.79 Å². The number of amides is 2. The number of methoxy groups -OCH3 is 1. The number of ether oxygens (including phenoxy) is 3. The summed E-state index contributed by atoms with van der Waals surface area (Å²) in [6, 6.07) is 1.95. The Morgan fingerprint density at radius 1 is 1.31 bits per heavy atom. The molecule has 0 spiro atoms. The minimum absolute atomic E-state index is 0.0384. The van der Waals surface area contributed by atoms with Crippen LogP contribution in [-0.4, -0.2) is 62.4 Å². The fourth-order valence-electron chi connectivity index (χ4n) is 2.71. The zero-order valence-corrected chi connectivity index (χ0v) is 16.6. The van der Waals surface area contributed by atoms with Crippen molar-refractivity contribution in [1.29, 1.82) is 0 Å². The summed E-state index contributed by atoms with van der Waals surface area (Å²) in [6.45, 7) is 3.25. The number of pyridine rings is 1. The van der Waals surface area contributed by atoms with E-state index in [0.29, 0.717) is 12.1 Å². The number of nitrogens with two attached hydrogens (primary N) is 1. The SMILES string of the molecule is COCCOc1nc(OC(=O)N[C@@H](CC(C)C)C(N)=O)ccc1N1CC(F)(F)C1. The summed E-state index contributed by atoms with van der Waals surface area (Å²) in [5.74, 6) is -3.39. The highest BCUT2D eigenvalue weighted by molar-refractivity contribution is 5.84. The largest absolute Gasteiger partial charge is 0.474 e. The number of alkyl halides is 2. The molecule has 9 nitrogen and oxygen atoms in total. The number of anilines is 1. The summed E-state index contributed by atoms with van der Waals surface area (Å²) in [5.41, 5.74) is 5.65. The molecule has 162 valence electrons. The molecule has 1 saturated heterocycles. The molecule has 1 aliphatic rings. The van der Waals surface area contributed by atoms with Crippen LogP contribution in [0.4, 0.5) is 19.3 Å². The zero-order chi connectivity index (χ0) is 21.6. The fourth-order valence-corrected chi connectivity index (χ4v) is 2.71. The third-order valence-electron chi connectivity index (χ3n) is 4.07. The number of primary amides is 1. The Kier molecular flexibility index (Phi) is 7.54. The van der Waals surface area contributed by atoms with Gasteiger partial charge < -0.3 is 30.2 Å². The Morgan fingerprint density at radius 2 is 2.00 bits per heavy atom. The summed E-state index contributed by atoms with van der Waals surface area (Å²) < 4.78 is 41.9. The molecule has 1 aromatic rings. The van der Waals surface area contributed by atoms with Crippen molar-refractivity contribution >= 4 is 17.7 Å². The van der Waals surface area contributed by atoms with E-state index in [1.54, 1.807) is 0 Å². The molecular formula is C18H26F2N4O5. The molecule has 0 aromatic carbocycles. The monoisotopic (exact) mass is 416 g/mol. The van der Waals surface area contributed by atoms with Crippen LogP contribution in [0.15, 0.2) is 12.1 Å². The van der Waals surface area contributed by atoms with Crippen molar-refractivity contribution < 1.29 is 32.6 Å². The van der Waals surface area contributed by atoms with Crippen LogP contribution >= 0.6 is 0 Å². The van der Waals surface area contributed by atoms with Crippen molar-refractivity contribution in [2.45, 2.75) is 32.2 Å². The molecule has 1 aromatic heterocycles. The number of hydrogen-bond acceptors (Lipinski definition) is 7. The van der Waals surface area contributed by atoms with Crippen molar-refractivity contribution in [1.82, 2.24) is 10.3 Å². The number of hydrogen-bond donors (Lipinski definition) is 2. The van der Waals surface area contributed by atoms with Gasteiger partial charge in [0.05, 0.1) is 19.7 Å². The smallest absolute Gasteiger partial charge is 0.414 e. The van der Waals surface area contributed by atoms with E-state index < -0.39 is 37.1 Å². The molecule has 0 radical (unpaired) electrons. The fraction of sp³-hybridized carbons (Fsp3) is 0.611. The number of nitrogens with zero attached hydrogens (tertiary/aromatic N) is 2. The van der Waals surface area contributed by atoms with Crippen LogP contribution in [0.5, 0.6) is 11.8 Å². The highest BCUT2D eigenvalue weighted by Crippen LogP contribution is 2.37. The lowest BCUT2D eigenvalue weighted by Gasteiger charge is -2.40. The molecule has 0 bridgehead atoms. The highest BCUT2D eigenvalue weighted by atomic mass is 19.3. The summed E-state index contributed by atoms with van der Waals surface area (Å²) in [4.78, 5) is 29.1. The maximum absolute atomic E-state index is 13.2. The van der Waals surface area contributed by atoms with Gasteiger partial charge in [0.2, 0.25) is 17.7 Å². The molecule has 3 N–H and O–H groups in total. The van der Waals surface area contributed by atoms with Crippen LogP contribution in [0.2, 0.25) is 0 Å². The van der Waals surface area contributed by atoms with Gasteiger partial charge in [-0.15, -0.1) is 0 Å². The van der Waals surface area contributed by atoms with Crippen LogP contribution < -0.4 is 25.4 Å². The molecule has 2 heterocycles. The van der Waals surface area contributed by atoms with Crippen LogP contribution in [0.1, 0.15) is 20.3 Å². The minimum Gasteiger partial charge on any atom is -0.474 e. The number of nitrogens with one attached hydrogen (secondary N) is 1. The number of aromatic nitrogens is 1. The average Bonchev–Trinajstić information content (AvgIpc) is 2.59. The van der Waals surface area contributed by atoms with Crippen molar-refractivity contribution in [3.05, 3.63) is 12.1 Å². The third kappa shape index (κ3) is 6.70. The molecule has 11 heteroatoms. The van der Waals surface area contributed by atoms with Crippen LogP contribution in [0.3, 0.4) is 0 Å². The Hall–Kier alpha value is -2.69. The van der Waals surface area contributed by atoms with Gasteiger partial charge >= 0.3 is 6.09 Å². The van der Waals surface area contributed by atoms with Gasteiger partial charge in [0, 0.05) is 13.2 Å². The number of rotatable bonds is 10. The minimum atomic E-state index is -2.76. The first-order valence-electron chi connectivity index (χ1n) is 9.14.